The summed E-state index contributed by atoms with van der Waals surface area (Å²) in [5.41, 5.74) is 7.56. The number of nitrogens with one attached hydrogen (secondary N) is 1. The molecule has 1 aromatic carbocycles. The van der Waals surface area contributed by atoms with Crippen LogP contribution in [0.2, 0.25) is 0 Å². The van der Waals surface area contributed by atoms with Crippen LogP contribution in [0.25, 0.3) is 10.8 Å². The lowest BCUT2D eigenvalue weighted by molar-refractivity contribution is 0.602. The van der Waals surface area contributed by atoms with Crippen LogP contribution in [0.3, 0.4) is 0 Å². The van der Waals surface area contributed by atoms with Crippen molar-refractivity contribution in [1.82, 2.24) is 4.98 Å². The monoisotopic (exact) mass is 277 g/mol. The molecule has 1 aliphatic heterocycles. The molecule has 1 aromatic heterocycles. The summed E-state index contributed by atoms with van der Waals surface area (Å²) in [5, 5.41) is 5.14. The lowest BCUT2D eigenvalue weighted by atomic mass is 10.1. The molecule has 3 rings (SSSR count). The second-order valence-corrected chi connectivity index (χ2v) is 7.10. The number of rotatable bonds is 2. The maximum Gasteiger partial charge on any atom is 0.152 e. The highest BCUT2D eigenvalue weighted by atomic mass is 32.2. The van der Waals surface area contributed by atoms with Crippen molar-refractivity contribution in [3.8, 4) is 0 Å². The van der Waals surface area contributed by atoms with E-state index in [-0.39, 0.29) is 17.5 Å². The Morgan fingerprint density at radius 2 is 2.16 bits per heavy atom. The highest BCUT2D eigenvalue weighted by Crippen LogP contribution is 2.29. The highest BCUT2D eigenvalue weighted by Gasteiger charge is 2.28. The van der Waals surface area contributed by atoms with Crippen molar-refractivity contribution in [2.45, 2.75) is 12.5 Å². The van der Waals surface area contributed by atoms with Gasteiger partial charge in [-0.15, -0.1) is 0 Å². The van der Waals surface area contributed by atoms with Crippen molar-refractivity contribution >= 4 is 32.0 Å². The zero-order valence-corrected chi connectivity index (χ0v) is 11.2. The minimum absolute atomic E-state index is 0.0495. The summed E-state index contributed by atoms with van der Waals surface area (Å²) in [5.74, 6) is 0.433. The third-order valence-electron chi connectivity index (χ3n) is 3.45. The molecule has 19 heavy (non-hydrogen) atoms. The van der Waals surface area contributed by atoms with Gasteiger partial charge in [0.25, 0.3) is 0 Å². The van der Waals surface area contributed by atoms with Gasteiger partial charge in [0.2, 0.25) is 0 Å². The highest BCUT2D eigenvalue weighted by molar-refractivity contribution is 7.91. The van der Waals surface area contributed by atoms with Crippen molar-refractivity contribution in [1.29, 1.82) is 0 Å². The minimum atomic E-state index is -2.88. The Morgan fingerprint density at radius 3 is 2.89 bits per heavy atom. The zero-order valence-electron chi connectivity index (χ0n) is 10.3. The Bertz CT molecular complexity index is 728. The fourth-order valence-electron chi connectivity index (χ4n) is 2.45. The van der Waals surface area contributed by atoms with Crippen LogP contribution in [-0.2, 0) is 9.84 Å². The summed E-state index contributed by atoms with van der Waals surface area (Å²) in [6.07, 6.45) is 4.09. The Hall–Kier alpha value is -1.82. The number of hydrogen-bond acceptors (Lipinski definition) is 5. The van der Waals surface area contributed by atoms with E-state index in [1.54, 1.807) is 12.4 Å². The van der Waals surface area contributed by atoms with Crippen LogP contribution in [0.5, 0.6) is 0 Å². The van der Waals surface area contributed by atoms with E-state index in [0.717, 1.165) is 16.5 Å². The van der Waals surface area contributed by atoms with Crippen LogP contribution in [-0.4, -0.2) is 30.9 Å². The van der Waals surface area contributed by atoms with E-state index in [9.17, 15) is 8.42 Å². The maximum atomic E-state index is 11.4. The molecule has 1 fully saturated rings. The van der Waals surface area contributed by atoms with E-state index in [4.69, 9.17) is 5.73 Å². The van der Waals surface area contributed by atoms with Gasteiger partial charge in [0.15, 0.2) is 9.84 Å². The normalized spacial score (nSPS) is 21.6. The first-order valence-electron chi connectivity index (χ1n) is 6.14. The van der Waals surface area contributed by atoms with Gasteiger partial charge in [-0.05, 0) is 18.6 Å². The number of benzene rings is 1. The molecule has 6 heteroatoms. The number of aromatic nitrogens is 1. The van der Waals surface area contributed by atoms with Gasteiger partial charge < -0.3 is 11.1 Å². The minimum Gasteiger partial charge on any atom is -0.397 e. The average molecular weight is 277 g/mol. The first-order chi connectivity index (χ1) is 9.05. The van der Waals surface area contributed by atoms with Gasteiger partial charge in [-0.1, -0.05) is 6.07 Å². The number of nitrogens with zero attached hydrogens (tertiary/aromatic N) is 1. The average Bonchev–Trinajstić information content (AvgIpc) is 2.73. The molecule has 2 heterocycles. The lowest BCUT2D eigenvalue weighted by Crippen LogP contribution is -2.21. The predicted octanol–water partition coefficient (Wildman–Crippen LogP) is 1.42. The van der Waals surface area contributed by atoms with Crippen LogP contribution in [0.4, 0.5) is 11.4 Å². The summed E-state index contributed by atoms with van der Waals surface area (Å²) in [6, 6.07) is 5.63. The molecule has 1 atom stereocenters. The maximum absolute atomic E-state index is 11.4. The molecular formula is C13H15N3O2S. The first kappa shape index (κ1) is 12.2. The van der Waals surface area contributed by atoms with Gasteiger partial charge in [0.05, 0.1) is 22.9 Å². The van der Waals surface area contributed by atoms with Crippen LogP contribution >= 0.6 is 0 Å². The predicted molar refractivity (Wildman–Crippen MR) is 76.8 cm³/mol. The van der Waals surface area contributed by atoms with E-state index < -0.39 is 9.84 Å². The number of pyridine rings is 1. The molecule has 0 aliphatic carbocycles. The molecule has 1 unspecified atom stereocenters. The molecule has 0 bridgehead atoms. The summed E-state index contributed by atoms with van der Waals surface area (Å²) in [7, 11) is -2.88. The molecule has 0 spiro atoms. The largest absolute Gasteiger partial charge is 0.397 e. The smallest absolute Gasteiger partial charge is 0.152 e. The number of anilines is 2. The molecule has 100 valence electrons. The van der Waals surface area contributed by atoms with Crippen molar-refractivity contribution < 1.29 is 8.42 Å². The molecule has 0 saturated carbocycles. The first-order valence-corrected chi connectivity index (χ1v) is 7.96. The molecule has 0 radical (unpaired) electrons. The van der Waals surface area contributed by atoms with Gasteiger partial charge in [0.1, 0.15) is 0 Å². The van der Waals surface area contributed by atoms with E-state index in [1.807, 2.05) is 18.2 Å². The molecule has 0 amide bonds. The molecule has 1 saturated heterocycles. The molecule has 2 aromatic rings. The van der Waals surface area contributed by atoms with E-state index >= 15 is 0 Å². The summed E-state index contributed by atoms with van der Waals surface area (Å²) in [4.78, 5) is 4.05. The molecule has 3 N–H and O–H groups in total. The zero-order chi connectivity index (χ0) is 13.5. The molecular weight excluding hydrogens is 262 g/mol. The van der Waals surface area contributed by atoms with Crippen LogP contribution in [0, 0.1) is 0 Å². The number of nitrogen functional groups attached to an aromatic ring is 1. The Morgan fingerprint density at radius 1 is 1.32 bits per heavy atom. The Balaban J connectivity index is 1.92. The Labute approximate surface area is 111 Å². The second kappa shape index (κ2) is 4.38. The van der Waals surface area contributed by atoms with E-state index in [1.165, 1.54) is 0 Å². The Kier molecular flexibility index (Phi) is 2.82. The summed E-state index contributed by atoms with van der Waals surface area (Å²) < 4.78 is 22.9. The third-order valence-corrected chi connectivity index (χ3v) is 5.22. The standard InChI is InChI=1S/C13H15N3O2S/c14-13-11-3-5-15-7-9(11)1-2-12(13)16-10-4-6-19(17,18)8-10/h1-3,5,7,10,16H,4,6,8,14H2. The fraction of sp³-hybridized carbons (Fsp3) is 0.308. The topological polar surface area (TPSA) is 85.1 Å². The van der Waals surface area contributed by atoms with Gasteiger partial charge in [-0.25, -0.2) is 8.42 Å². The number of hydrogen-bond donors (Lipinski definition) is 2. The van der Waals surface area contributed by atoms with Gasteiger partial charge in [-0.3, -0.25) is 4.98 Å². The van der Waals surface area contributed by atoms with Gasteiger partial charge in [-0.2, -0.15) is 0 Å². The lowest BCUT2D eigenvalue weighted by Gasteiger charge is -2.15. The number of nitrogens with two attached hydrogens (primary N) is 1. The van der Waals surface area contributed by atoms with E-state index in [2.05, 4.69) is 10.3 Å². The van der Waals surface area contributed by atoms with Gasteiger partial charge in [0, 0.05) is 29.2 Å². The van der Waals surface area contributed by atoms with Crippen LogP contribution in [0.15, 0.2) is 30.6 Å². The quantitative estimate of drug-likeness (QED) is 0.811. The van der Waals surface area contributed by atoms with Crippen molar-refractivity contribution in [2.75, 3.05) is 22.6 Å². The SMILES string of the molecule is Nc1c(NC2CCS(=O)(=O)C2)ccc2cnccc12. The fourth-order valence-corrected chi connectivity index (χ4v) is 4.12. The molecule has 5 nitrogen and oxygen atoms in total. The number of sulfone groups is 1. The van der Waals surface area contributed by atoms with Crippen molar-refractivity contribution in [3.63, 3.8) is 0 Å². The summed E-state index contributed by atoms with van der Waals surface area (Å²) >= 11 is 0. The van der Waals surface area contributed by atoms with Crippen molar-refractivity contribution in [2.24, 2.45) is 0 Å². The van der Waals surface area contributed by atoms with Crippen LogP contribution in [0.1, 0.15) is 6.42 Å². The van der Waals surface area contributed by atoms with Crippen LogP contribution < -0.4 is 11.1 Å². The number of fused-ring (bicyclic) bond motifs is 1. The molecule has 1 aliphatic rings. The second-order valence-electron chi connectivity index (χ2n) is 4.87. The van der Waals surface area contributed by atoms with Gasteiger partial charge >= 0.3 is 0 Å². The van der Waals surface area contributed by atoms with E-state index in [0.29, 0.717) is 12.1 Å². The van der Waals surface area contributed by atoms with Crippen molar-refractivity contribution in [3.05, 3.63) is 30.6 Å². The third kappa shape index (κ3) is 2.35. The summed E-state index contributed by atoms with van der Waals surface area (Å²) in [6.45, 7) is 0.